The van der Waals surface area contributed by atoms with Gasteiger partial charge in [0.05, 0.1) is 5.92 Å². The molecule has 0 aliphatic heterocycles. The van der Waals surface area contributed by atoms with Crippen molar-refractivity contribution < 1.29 is 14.6 Å². The minimum absolute atomic E-state index is 0.107. The molecule has 1 aliphatic rings. The number of hydrogen-bond acceptors (Lipinski definition) is 2. The van der Waals surface area contributed by atoms with Crippen LogP contribution in [0.4, 0.5) is 0 Å². The van der Waals surface area contributed by atoms with Gasteiger partial charge in [-0.3, -0.25) is 4.79 Å². The van der Waals surface area contributed by atoms with Crippen LogP contribution < -0.4 is 0 Å². The van der Waals surface area contributed by atoms with E-state index in [0.29, 0.717) is 5.92 Å². The van der Waals surface area contributed by atoms with Gasteiger partial charge in [0.15, 0.2) is 0 Å². The summed E-state index contributed by atoms with van der Waals surface area (Å²) in [6.45, 7) is 0.753. The zero-order valence-corrected chi connectivity index (χ0v) is 9.58. The molecule has 2 unspecified atom stereocenters. The lowest BCUT2D eigenvalue weighted by Gasteiger charge is -2.21. The Kier molecular flexibility index (Phi) is 5.69. The van der Waals surface area contributed by atoms with Gasteiger partial charge in [0.2, 0.25) is 0 Å². The van der Waals surface area contributed by atoms with E-state index >= 15 is 0 Å². The normalized spacial score (nSPS) is 27.3. The molecule has 2 atom stereocenters. The summed E-state index contributed by atoms with van der Waals surface area (Å²) in [5.74, 6) is -0.330. The molecule has 0 heterocycles. The van der Waals surface area contributed by atoms with Gasteiger partial charge >= 0.3 is 5.97 Å². The molecule has 3 nitrogen and oxygen atoms in total. The Hall–Kier alpha value is -0.570. The summed E-state index contributed by atoms with van der Waals surface area (Å²) in [4.78, 5) is 11.1. The van der Waals surface area contributed by atoms with Crippen molar-refractivity contribution in [2.45, 2.75) is 44.9 Å². The third-order valence-electron chi connectivity index (χ3n) is 3.40. The fourth-order valence-electron chi connectivity index (χ4n) is 2.54. The van der Waals surface area contributed by atoms with Crippen LogP contribution in [0.5, 0.6) is 0 Å². The molecular formula is C12H22O3. The maximum absolute atomic E-state index is 11.1. The van der Waals surface area contributed by atoms with Crippen molar-refractivity contribution >= 4 is 5.97 Å². The maximum atomic E-state index is 11.1. The van der Waals surface area contributed by atoms with Crippen LogP contribution in [0.25, 0.3) is 0 Å². The van der Waals surface area contributed by atoms with Crippen LogP contribution in [0.15, 0.2) is 0 Å². The van der Waals surface area contributed by atoms with Crippen LogP contribution in [0.2, 0.25) is 0 Å². The standard InChI is InChI=1S/C12H22O3/c1-15-9-5-7-10-6-3-2-4-8-11(10)12(13)14/h10-11H,2-9H2,1H3,(H,13,14). The highest BCUT2D eigenvalue weighted by atomic mass is 16.5. The van der Waals surface area contributed by atoms with Gasteiger partial charge in [-0.25, -0.2) is 0 Å². The van der Waals surface area contributed by atoms with Gasteiger partial charge in [-0.15, -0.1) is 0 Å². The predicted octanol–water partition coefficient (Wildman–Crippen LogP) is 2.69. The van der Waals surface area contributed by atoms with Gasteiger partial charge < -0.3 is 9.84 Å². The van der Waals surface area contributed by atoms with Gasteiger partial charge in [0.1, 0.15) is 0 Å². The summed E-state index contributed by atoms with van der Waals surface area (Å²) in [5, 5.41) is 9.16. The van der Waals surface area contributed by atoms with Crippen LogP contribution in [0, 0.1) is 11.8 Å². The lowest BCUT2D eigenvalue weighted by molar-refractivity contribution is -0.144. The highest BCUT2D eigenvalue weighted by molar-refractivity contribution is 5.70. The van der Waals surface area contributed by atoms with Crippen LogP contribution in [0.1, 0.15) is 44.9 Å². The first-order chi connectivity index (χ1) is 7.25. The number of carboxylic acid groups (broad SMARTS) is 1. The molecular weight excluding hydrogens is 192 g/mol. The molecule has 0 aromatic heterocycles. The summed E-state index contributed by atoms with van der Waals surface area (Å²) in [5.41, 5.74) is 0. The van der Waals surface area contributed by atoms with Gasteiger partial charge in [-0.05, 0) is 31.6 Å². The third-order valence-corrected chi connectivity index (χ3v) is 3.40. The Morgan fingerprint density at radius 3 is 2.73 bits per heavy atom. The predicted molar refractivity (Wildman–Crippen MR) is 58.8 cm³/mol. The van der Waals surface area contributed by atoms with Crippen LogP contribution >= 0.6 is 0 Å². The number of carbonyl (C=O) groups is 1. The Morgan fingerprint density at radius 1 is 1.33 bits per heavy atom. The number of ether oxygens (including phenoxy) is 1. The Balaban J connectivity index is 2.43. The Labute approximate surface area is 91.8 Å². The van der Waals surface area contributed by atoms with Gasteiger partial charge in [0.25, 0.3) is 0 Å². The average molecular weight is 214 g/mol. The highest BCUT2D eigenvalue weighted by Crippen LogP contribution is 2.32. The van der Waals surface area contributed by atoms with Crippen molar-refractivity contribution in [3.8, 4) is 0 Å². The second-order valence-electron chi connectivity index (χ2n) is 4.48. The van der Waals surface area contributed by atoms with Gasteiger partial charge in [0, 0.05) is 13.7 Å². The van der Waals surface area contributed by atoms with E-state index in [-0.39, 0.29) is 5.92 Å². The van der Waals surface area contributed by atoms with Crippen molar-refractivity contribution in [1.82, 2.24) is 0 Å². The van der Waals surface area contributed by atoms with E-state index in [1.54, 1.807) is 7.11 Å². The number of aliphatic carboxylic acids is 1. The first-order valence-corrected chi connectivity index (χ1v) is 5.97. The number of rotatable bonds is 5. The van der Waals surface area contributed by atoms with E-state index in [2.05, 4.69) is 0 Å². The molecule has 0 spiro atoms. The molecule has 1 N–H and O–H groups in total. The molecule has 1 saturated carbocycles. The Bertz CT molecular complexity index is 191. The minimum atomic E-state index is -0.598. The molecule has 0 aromatic rings. The molecule has 3 heteroatoms. The Morgan fingerprint density at radius 2 is 2.07 bits per heavy atom. The van der Waals surface area contributed by atoms with E-state index < -0.39 is 5.97 Å². The summed E-state index contributed by atoms with van der Waals surface area (Å²) in [7, 11) is 1.70. The summed E-state index contributed by atoms with van der Waals surface area (Å²) in [6, 6.07) is 0. The fourth-order valence-corrected chi connectivity index (χ4v) is 2.54. The minimum Gasteiger partial charge on any atom is -0.481 e. The monoisotopic (exact) mass is 214 g/mol. The summed E-state index contributed by atoms with van der Waals surface area (Å²) >= 11 is 0. The fraction of sp³-hybridized carbons (Fsp3) is 0.917. The van der Waals surface area contributed by atoms with E-state index in [4.69, 9.17) is 9.84 Å². The number of hydrogen-bond donors (Lipinski definition) is 1. The smallest absolute Gasteiger partial charge is 0.306 e. The number of methoxy groups -OCH3 is 1. The molecule has 0 aromatic carbocycles. The van der Waals surface area contributed by atoms with E-state index in [9.17, 15) is 4.79 Å². The average Bonchev–Trinajstić information content (AvgIpc) is 2.43. The van der Waals surface area contributed by atoms with Crippen molar-refractivity contribution in [2.24, 2.45) is 11.8 Å². The molecule has 0 radical (unpaired) electrons. The second-order valence-corrected chi connectivity index (χ2v) is 4.48. The molecule has 1 aliphatic carbocycles. The third kappa shape index (κ3) is 4.20. The second kappa shape index (κ2) is 6.83. The van der Waals surface area contributed by atoms with Crippen molar-refractivity contribution in [3.05, 3.63) is 0 Å². The summed E-state index contributed by atoms with van der Waals surface area (Å²) < 4.78 is 5.01. The highest BCUT2D eigenvalue weighted by Gasteiger charge is 2.28. The first-order valence-electron chi connectivity index (χ1n) is 5.97. The molecule has 15 heavy (non-hydrogen) atoms. The zero-order valence-electron chi connectivity index (χ0n) is 9.58. The topological polar surface area (TPSA) is 46.5 Å². The lowest BCUT2D eigenvalue weighted by atomic mass is 9.84. The molecule has 0 amide bonds. The van der Waals surface area contributed by atoms with Gasteiger partial charge in [-0.1, -0.05) is 19.3 Å². The van der Waals surface area contributed by atoms with Crippen molar-refractivity contribution in [2.75, 3.05) is 13.7 Å². The van der Waals surface area contributed by atoms with Crippen LogP contribution in [0.3, 0.4) is 0 Å². The largest absolute Gasteiger partial charge is 0.481 e. The maximum Gasteiger partial charge on any atom is 0.306 e. The zero-order chi connectivity index (χ0) is 11.1. The molecule has 0 bridgehead atoms. The first kappa shape index (κ1) is 12.5. The lowest BCUT2D eigenvalue weighted by Crippen LogP contribution is -2.22. The van der Waals surface area contributed by atoms with Crippen molar-refractivity contribution in [3.63, 3.8) is 0 Å². The van der Waals surface area contributed by atoms with E-state index in [1.165, 1.54) is 12.8 Å². The van der Waals surface area contributed by atoms with E-state index in [1.807, 2.05) is 0 Å². The quantitative estimate of drug-likeness (QED) is 0.565. The molecule has 88 valence electrons. The van der Waals surface area contributed by atoms with Crippen molar-refractivity contribution in [1.29, 1.82) is 0 Å². The molecule has 1 fully saturated rings. The van der Waals surface area contributed by atoms with Gasteiger partial charge in [-0.2, -0.15) is 0 Å². The SMILES string of the molecule is COCCCC1CCCCCC1C(=O)O. The van der Waals surface area contributed by atoms with Crippen LogP contribution in [-0.4, -0.2) is 24.8 Å². The summed E-state index contributed by atoms with van der Waals surface area (Å²) in [6.07, 6.45) is 7.42. The van der Waals surface area contributed by atoms with Crippen LogP contribution in [-0.2, 0) is 9.53 Å². The molecule has 1 rings (SSSR count). The molecule has 0 saturated heterocycles. The number of carboxylic acids is 1. The van der Waals surface area contributed by atoms with E-state index in [0.717, 1.165) is 38.7 Å².